The molecule has 1 aromatic rings. The summed E-state index contributed by atoms with van der Waals surface area (Å²) in [7, 11) is 0. The van der Waals surface area contributed by atoms with Crippen molar-refractivity contribution < 1.29 is 5.11 Å². The van der Waals surface area contributed by atoms with Gasteiger partial charge in [-0.05, 0) is 18.6 Å². The van der Waals surface area contributed by atoms with Crippen LogP contribution >= 0.6 is 0 Å². The molecular formula is C15H26N2O. The Labute approximate surface area is 111 Å². The van der Waals surface area contributed by atoms with E-state index < -0.39 is 0 Å². The number of rotatable bonds is 3. The second kappa shape index (κ2) is 11.9. The van der Waals surface area contributed by atoms with E-state index in [9.17, 15) is 5.11 Å². The van der Waals surface area contributed by atoms with Gasteiger partial charge in [-0.1, -0.05) is 46.4 Å². The minimum atomic E-state index is 0.112. The fourth-order valence-corrected chi connectivity index (χ4v) is 1.16. The Kier molecular flexibility index (Phi) is 12.4. The van der Waals surface area contributed by atoms with E-state index >= 15 is 0 Å². The highest BCUT2D eigenvalue weighted by molar-refractivity contribution is 5.63. The van der Waals surface area contributed by atoms with Gasteiger partial charge in [0, 0.05) is 18.3 Å². The summed E-state index contributed by atoms with van der Waals surface area (Å²) >= 11 is 0. The van der Waals surface area contributed by atoms with Gasteiger partial charge in [0.2, 0.25) is 0 Å². The summed E-state index contributed by atoms with van der Waals surface area (Å²) in [6, 6.07) is 3.71. The van der Waals surface area contributed by atoms with Crippen molar-refractivity contribution in [3.63, 3.8) is 0 Å². The van der Waals surface area contributed by atoms with Crippen molar-refractivity contribution in [2.45, 2.75) is 34.6 Å². The maximum Gasteiger partial charge on any atom is 0.145 e. The third-order valence-electron chi connectivity index (χ3n) is 2.00. The van der Waals surface area contributed by atoms with Gasteiger partial charge >= 0.3 is 0 Å². The van der Waals surface area contributed by atoms with Gasteiger partial charge < -0.3 is 10.8 Å². The predicted molar refractivity (Wildman–Crippen MR) is 80.5 cm³/mol. The van der Waals surface area contributed by atoms with Gasteiger partial charge in [0.25, 0.3) is 0 Å². The molecule has 1 rings (SSSR count). The molecule has 1 aromatic heterocycles. The third kappa shape index (κ3) is 5.64. The first kappa shape index (κ1) is 18.7. The maximum absolute atomic E-state index is 9.83. The molecule has 0 saturated carbocycles. The summed E-state index contributed by atoms with van der Waals surface area (Å²) in [5.74, 6) is 0.112. The third-order valence-corrected chi connectivity index (χ3v) is 2.00. The first-order valence-electron chi connectivity index (χ1n) is 6.37. The van der Waals surface area contributed by atoms with Gasteiger partial charge in [0.15, 0.2) is 0 Å². The van der Waals surface area contributed by atoms with E-state index in [1.807, 2.05) is 46.8 Å². The van der Waals surface area contributed by atoms with Crippen LogP contribution in [0.25, 0.3) is 5.76 Å². The predicted octanol–water partition coefficient (Wildman–Crippen LogP) is 3.86. The molecule has 3 heteroatoms. The van der Waals surface area contributed by atoms with Crippen LogP contribution in [0.4, 0.5) is 0 Å². The Morgan fingerprint density at radius 3 is 2.33 bits per heavy atom. The number of aliphatic hydroxyl groups is 1. The molecular weight excluding hydrogens is 224 g/mol. The number of pyridine rings is 1. The van der Waals surface area contributed by atoms with Gasteiger partial charge in [0.1, 0.15) is 11.5 Å². The zero-order valence-corrected chi connectivity index (χ0v) is 12.2. The highest BCUT2D eigenvalue weighted by Crippen LogP contribution is 2.16. The van der Waals surface area contributed by atoms with Crippen molar-refractivity contribution >= 4 is 5.76 Å². The second-order valence-corrected chi connectivity index (χ2v) is 2.95. The van der Waals surface area contributed by atoms with E-state index in [0.717, 1.165) is 5.56 Å². The summed E-state index contributed by atoms with van der Waals surface area (Å²) < 4.78 is 0. The van der Waals surface area contributed by atoms with Crippen molar-refractivity contribution in [3.05, 3.63) is 47.8 Å². The van der Waals surface area contributed by atoms with Gasteiger partial charge in [-0.3, -0.25) is 4.98 Å². The molecule has 1 heterocycles. The zero-order valence-electron chi connectivity index (χ0n) is 12.2. The van der Waals surface area contributed by atoms with Gasteiger partial charge in [0.05, 0.1) is 0 Å². The lowest BCUT2D eigenvalue weighted by atomic mass is 10.1. The number of hydrogen-bond donors (Lipinski definition) is 2. The van der Waals surface area contributed by atoms with Crippen molar-refractivity contribution in [1.82, 2.24) is 4.98 Å². The molecule has 0 aliphatic carbocycles. The topological polar surface area (TPSA) is 59.1 Å². The molecule has 0 aliphatic heterocycles. The standard InChI is InChI=1S/C11H14N2O.2C2H6/c1-3-9(7-12)11(14)10-8(2)5-4-6-13-10;2*1-2/h3-6,14H,1,7,12H2,2H3;2*1-2H3/b11-9-;;. The zero-order chi connectivity index (χ0) is 14.6. The Bertz CT molecular complexity index is 371. The fourth-order valence-electron chi connectivity index (χ4n) is 1.16. The lowest BCUT2D eigenvalue weighted by Gasteiger charge is -2.06. The molecule has 3 nitrogen and oxygen atoms in total. The lowest BCUT2D eigenvalue weighted by molar-refractivity contribution is 0.503. The molecule has 18 heavy (non-hydrogen) atoms. The Morgan fingerprint density at radius 1 is 1.39 bits per heavy atom. The van der Waals surface area contributed by atoms with Gasteiger partial charge in [-0.25, -0.2) is 0 Å². The van der Waals surface area contributed by atoms with Crippen LogP contribution in [-0.2, 0) is 0 Å². The van der Waals surface area contributed by atoms with Crippen LogP contribution in [0.3, 0.4) is 0 Å². The second-order valence-electron chi connectivity index (χ2n) is 2.95. The Hall–Kier alpha value is -1.61. The molecule has 0 amide bonds. The molecule has 0 fully saturated rings. The van der Waals surface area contributed by atoms with Crippen molar-refractivity contribution in [2.75, 3.05) is 6.54 Å². The van der Waals surface area contributed by atoms with E-state index in [1.165, 1.54) is 0 Å². The average Bonchev–Trinajstić information content (AvgIpc) is 2.45. The number of hydrogen-bond acceptors (Lipinski definition) is 3. The smallest absolute Gasteiger partial charge is 0.145 e. The first-order chi connectivity index (χ1) is 8.70. The molecule has 0 radical (unpaired) electrons. The van der Waals surface area contributed by atoms with Gasteiger partial charge in [-0.15, -0.1) is 0 Å². The van der Waals surface area contributed by atoms with E-state index in [1.54, 1.807) is 12.3 Å². The van der Waals surface area contributed by atoms with Crippen LogP contribution in [0, 0.1) is 6.92 Å². The van der Waals surface area contributed by atoms with Crippen LogP contribution < -0.4 is 5.73 Å². The van der Waals surface area contributed by atoms with E-state index in [-0.39, 0.29) is 12.3 Å². The van der Waals surface area contributed by atoms with Crippen LogP contribution in [0.15, 0.2) is 36.6 Å². The highest BCUT2D eigenvalue weighted by Gasteiger charge is 2.07. The normalized spacial score (nSPS) is 10.1. The molecule has 0 aliphatic rings. The van der Waals surface area contributed by atoms with Crippen molar-refractivity contribution in [2.24, 2.45) is 5.73 Å². The molecule has 0 atom stereocenters. The summed E-state index contributed by atoms with van der Waals surface area (Å²) in [5.41, 5.74) is 7.54. The summed E-state index contributed by atoms with van der Waals surface area (Å²) in [4.78, 5) is 4.08. The largest absolute Gasteiger partial charge is 0.505 e. The van der Waals surface area contributed by atoms with Crippen molar-refractivity contribution in [3.8, 4) is 0 Å². The highest BCUT2D eigenvalue weighted by atomic mass is 16.3. The molecule has 0 bridgehead atoms. The van der Waals surface area contributed by atoms with E-state index in [0.29, 0.717) is 11.3 Å². The summed E-state index contributed by atoms with van der Waals surface area (Å²) in [6.45, 7) is 13.7. The van der Waals surface area contributed by atoms with Crippen molar-refractivity contribution in [1.29, 1.82) is 0 Å². The lowest BCUT2D eigenvalue weighted by Crippen LogP contribution is -2.05. The Morgan fingerprint density at radius 2 is 1.94 bits per heavy atom. The number of aromatic nitrogens is 1. The van der Waals surface area contributed by atoms with Gasteiger partial charge in [-0.2, -0.15) is 0 Å². The first-order valence-corrected chi connectivity index (χ1v) is 6.37. The number of aliphatic hydroxyl groups excluding tert-OH is 1. The quantitative estimate of drug-likeness (QED) is 0.632. The van der Waals surface area contributed by atoms with E-state index in [2.05, 4.69) is 11.6 Å². The van der Waals surface area contributed by atoms with Crippen LogP contribution in [-0.4, -0.2) is 16.6 Å². The summed E-state index contributed by atoms with van der Waals surface area (Å²) in [5, 5.41) is 9.83. The molecule has 0 unspecified atom stereocenters. The molecule has 0 aromatic carbocycles. The summed E-state index contributed by atoms with van der Waals surface area (Å²) in [6.07, 6.45) is 3.18. The van der Waals surface area contributed by atoms with E-state index in [4.69, 9.17) is 5.73 Å². The maximum atomic E-state index is 9.83. The Balaban J connectivity index is 0. The molecule has 102 valence electrons. The molecule has 3 N–H and O–H groups in total. The molecule has 0 saturated heterocycles. The molecule has 0 spiro atoms. The minimum Gasteiger partial charge on any atom is -0.505 e. The SMILES string of the molecule is C=C/C(CN)=C(/O)c1ncccc1C.CC.CC. The minimum absolute atomic E-state index is 0.112. The van der Waals surface area contributed by atoms with Crippen LogP contribution in [0.2, 0.25) is 0 Å². The number of aryl methyl sites for hydroxylation is 1. The fraction of sp³-hybridized carbons (Fsp3) is 0.400. The average molecular weight is 250 g/mol. The van der Waals surface area contributed by atoms with Crippen LogP contribution in [0.1, 0.15) is 39.0 Å². The number of nitrogens with zero attached hydrogens (tertiary/aromatic N) is 1. The monoisotopic (exact) mass is 250 g/mol. The van der Waals surface area contributed by atoms with Crippen LogP contribution in [0.5, 0.6) is 0 Å². The number of nitrogens with two attached hydrogens (primary N) is 1.